The van der Waals surface area contributed by atoms with Gasteiger partial charge in [0, 0.05) is 36.3 Å². The summed E-state index contributed by atoms with van der Waals surface area (Å²) in [5.74, 6) is -1.64. The fraction of sp³-hybridized carbons (Fsp3) is 0.533. The van der Waals surface area contributed by atoms with Crippen LogP contribution in [-0.4, -0.2) is 42.8 Å². The number of hydrogen-bond acceptors (Lipinski definition) is 2. The van der Waals surface area contributed by atoms with Gasteiger partial charge in [0.1, 0.15) is 21.7 Å². The zero-order valence-corrected chi connectivity index (χ0v) is 28.2. The Kier molecular flexibility index (Phi) is 12.9. The minimum absolute atomic E-state index is 0. The Morgan fingerprint density at radius 3 is 0.919 bits per heavy atom. The number of carboxylic acid groups (broad SMARTS) is 2. The second-order valence-corrected chi connectivity index (χ2v) is 22.0. The quantitative estimate of drug-likeness (QED) is 0.266. The molecule has 0 atom stereocenters. The van der Waals surface area contributed by atoms with Crippen molar-refractivity contribution in [2.75, 3.05) is 0 Å². The molecule has 0 radical (unpaired) electrons. The largest absolute Gasteiger partial charge is 0.478 e. The average Bonchev–Trinajstić information content (AvgIpc) is 2.64. The van der Waals surface area contributed by atoms with Gasteiger partial charge in [-0.2, -0.15) is 0 Å². The number of hydrogen-bond donors (Lipinski definition) is 2. The maximum Gasteiger partial charge on any atom is 0.339 e. The van der Waals surface area contributed by atoms with Crippen molar-refractivity contribution in [2.24, 2.45) is 0 Å². The first kappa shape index (κ1) is 35.9. The second kappa shape index (κ2) is 13.3. The average molecular weight is 641 g/mol. The predicted octanol–water partition coefficient (Wildman–Crippen LogP) is 7.64. The zero-order valence-electron chi connectivity index (χ0n) is 24.6. The maximum absolute atomic E-state index is 11.4. The summed E-state index contributed by atoms with van der Waals surface area (Å²) in [6.45, 7) is 26.6. The minimum Gasteiger partial charge on any atom is -0.478 e. The molecule has 0 aliphatic rings. The number of benzene rings is 2. The van der Waals surface area contributed by atoms with Crippen LogP contribution in [-0.2, 0) is 20.4 Å². The molecule has 37 heavy (non-hydrogen) atoms. The van der Waals surface area contributed by atoms with E-state index < -0.39 is 27.8 Å². The smallest absolute Gasteiger partial charge is 0.339 e. The van der Waals surface area contributed by atoms with E-state index in [9.17, 15) is 19.8 Å². The molecule has 0 aromatic heterocycles. The van der Waals surface area contributed by atoms with E-state index in [1.165, 1.54) is 0 Å². The summed E-state index contributed by atoms with van der Waals surface area (Å²) < 4.78 is 0. The summed E-state index contributed by atoms with van der Waals surface area (Å²) >= 11 is 0. The number of carboxylic acids is 2. The van der Waals surface area contributed by atoms with E-state index in [-0.39, 0.29) is 41.0 Å². The van der Waals surface area contributed by atoms with Crippen molar-refractivity contribution in [2.45, 2.75) is 104 Å². The van der Waals surface area contributed by atoms with Crippen molar-refractivity contribution in [3.8, 4) is 0 Å². The molecule has 0 fully saturated rings. The molecule has 0 saturated heterocycles. The third-order valence-corrected chi connectivity index (χ3v) is 13.8. The van der Waals surface area contributed by atoms with E-state index in [1.807, 2.05) is 24.3 Å². The summed E-state index contributed by atoms with van der Waals surface area (Å²) in [6.07, 6.45) is 0. The first-order chi connectivity index (χ1) is 16.1. The molecule has 0 saturated carbocycles. The van der Waals surface area contributed by atoms with E-state index in [4.69, 9.17) is 0 Å². The van der Waals surface area contributed by atoms with Gasteiger partial charge in [-0.15, -0.1) is 0 Å². The van der Waals surface area contributed by atoms with Crippen LogP contribution in [0.5, 0.6) is 0 Å². The Hall–Kier alpha value is -1.10. The van der Waals surface area contributed by atoms with Gasteiger partial charge >= 0.3 is 11.9 Å². The van der Waals surface area contributed by atoms with E-state index >= 15 is 0 Å². The van der Waals surface area contributed by atoms with Crippen LogP contribution in [0.1, 0.15) is 104 Å². The molecule has 0 aliphatic heterocycles. The molecule has 0 aliphatic carbocycles. The molecule has 7 heteroatoms. The van der Waals surface area contributed by atoms with Crippen molar-refractivity contribution >= 4 is 38.4 Å². The van der Waals surface area contributed by atoms with Crippen molar-refractivity contribution in [3.63, 3.8) is 0 Å². The Bertz CT molecular complexity index is 941. The Morgan fingerprint density at radius 1 is 0.514 bits per heavy atom. The van der Waals surface area contributed by atoms with Crippen LogP contribution >= 0.6 is 15.8 Å². The molecule has 2 rings (SSSR count). The van der Waals surface area contributed by atoms with Crippen LogP contribution < -0.4 is 10.6 Å². The van der Waals surface area contributed by atoms with Gasteiger partial charge in [-0.05, 0) is 107 Å². The van der Waals surface area contributed by atoms with Gasteiger partial charge in [0.2, 0.25) is 0 Å². The summed E-state index contributed by atoms with van der Waals surface area (Å²) in [4.78, 5) is 22.8. The molecule has 0 amide bonds. The molecule has 0 spiro atoms. The van der Waals surface area contributed by atoms with Crippen LogP contribution in [0.3, 0.4) is 0 Å². The van der Waals surface area contributed by atoms with Crippen LogP contribution in [0.15, 0.2) is 48.5 Å². The van der Waals surface area contributed by atoms with Gasteiger partial charge in [-0.25, -0.2) is 9.59 Å². The van der Waals surface area contributed by atoms with Crippen LogP contribution in [0.2, 0.25) is 0 Å². The Morgan fingerprint density at radius 2 is 0.730 bits per heavy atom. The first-order valence-corrected chi connectivity index (χ1v) is 15.5. The topological polar surface area (TPSA) is 74.6 Å². The van der Waals surface area contributed by atoms with Crippen molar-refractivity contribution in [1.29, 1.82) is 0 Å². The first-order valence-electron chi connectivity index (χ1n) is 12.5. The van der Waals surface area contributed by atoms with Crippen LogP contribution in [0, 0.1) is 0 Å². The summed E-state index contributed by atoms with van der Waals surface area (Å²) in [6, 6.07) is 14.9. The van der Waals surface area contributed by atoms with Gasteiger partial charge in [-0.1, -0.05) is 24.3 Å². The molecule has 2 aromatic carbocycles. The summed E-state index contributed by atoms with van der Waals surface area (Å²) in [7, 11) is -2.02. The molecule has 210 valence electrons. The predicted molar refractivity (Wildman–Crippen MR) is 162 cm³/mol. The monoisotopic (exact) mass is 640 g/mol. The molecule has 0 bridgehead atoms. The molecule has 0 heterocycles. The summed E-state index contributed by atoms with van der Waals surface area (Å²) in [5, 5.41) is 21.3. The fourth-order valence-corrected chi connectivity index (χ4v) is 14.8. The second-order valence-electron chi connectivity index (χ2n) is 13.5. The van der Waals surface area contributed by atoms with Gasteiger partial charge in [0.05, 0.1) is 20.6 Å². The van der Waals surface area contributed by atoms with E-state index in [0.29, 0.717) is 11.1 Å². The van der Waals surface area contributed by atoms with Crippen molar-refractivity contribution in [3.05, 3.63) is 59.7 Å². The number of aromatic carboxylic acids is 2. The maximum atomic E-state index is 11.4. The molecule has 2 aromatic rings. The Labute approximate surface area is 241 Å². The van der Waals surface area contributed by atoms with E-state index in [2.05, 4.69) is 83.1 Å². The third kappa shape index (κ3) is 10.2. The number of rotatable bonds is 4. The molecule has 0 unspecified atom stereocenters. The molecular formula is C30H48O4P2Pd+2. The van der Waals surface area contributed by atoms with Gasteiger partial charge < -0.3 is 10.2 Å². The standard InChI is InChI=1S/2C15H23O2P.Pd/c2*1-14(2,3)18(15(4,5)6)12-10-8-7-9-11(12)13(16)17;/h2*7-10H,1-6H3,(H,16,17);/p+2. The van der Waals surface area contributed by atoms with Crippen molar-refractivity contribution in [1.82, 2.24) is 0 Å². The minimum atomic E-state index is -1.01. The summed E-state index contributed by atoms with van der Waals surface area (Å²) in [5.41, 5.74) is 0.937. The van der Waals surface area contributed by atoms with Crippen molar-refractivity contribution < 1.29 is 40.2 Å². The molecule has 2 N–H and O–H groups in total. The fourth-order valence-electron chi connectivity index (χ4n) is 5.64. The van der Waals surface area contributed by atoms with Gasteiger partial charge in [0.15, 0.2) is 0 Å². The van der Waals surface area contributed by atoms with E-state index in [0.717, 1.165) is 10.6 Å². The molecule has 4 nitrogen and oxygen atoms in total. The van der Waals surface area contributed by atoms with Gasteiger partial charge in [0.25, 0.3) is 0 Å². The normalized spacial score (nSPS) is 12.5. The van der Waals surface area contributed by atoms with Crippen LogP contribution in [0.4, 0.5) is 0 Å². The SMILES string of the molecule is CC(C)(C)[PH+](c1ccccc1C(=O)O)C(C)(C)C.CC(C)(C)[PH+](c1ccccc1C(=O)O)C(C)(C)C.[Pd]. The number of carbonyl (C=O) groups is 2. The zero-order chi connectivity index (χ0) is 28.3. The van der Waals surface area contributed by atoms with Gasteiger partial charge in [-0.3, -0.25) is 0 Å². The Balaban J connectivity index is 0.000000682. The van der Waals surface area contributed by atoms with Crippen LogP contribution in [0.25, 0.3) is 0 Å². The molecular weight excluding hydrogens is 593 g/mol. The van der Waals surface area contributed by atoms with E-state index in [1.54, 1.807) is 24.3 Å². The third-order valence-electron chi connectivity index (χ3n) is 5.85.